The van der Waals surface area contributed by atoms with E-state index in [-0.39, 0.29) is 5.41 Å². The third-order valence-corrected chi connectivity index (χ3v) is 12.7. The maximum absolute atomic E-state index is 12.0. The molecular weight excluding hydrogens is 279 g/mol. The van der Waals surface area contributed by atoms with Gasteiger partial charge in [0.25, 0.3) is 0 Å². The van der Waals surface area contributed by atoms with Crippen LogP contribution in [0.25, 0.3) is 0 Å². The first kappa shape index (κ1) is 12.5. The molecule has 0 aromatic heterocycles. The second-order valence-electron chi connectivity index (χ2n) is 6.01. The van der Waals surface area contributed by atoms with E-state index in [4.69, 9.17) is 0 Å². The molecule has 1 aliphatic rings. The monoisotopic (exact) mass is 304 g/mol. The number of rotatable bonds is 2. The van der Waals surface area contributed by atoms with Crippen LogP contribution in [0.1, 0.15) is 39.5 Å². The van der Waals surface area contributed by atoms with Gasteiger partial charge < -0.3 is 0 Å². The van der Waals surface area contributed by atoms with Gasteiger partial charge in [-0.15, -0.1) is 0 Å². The zero-order valence-corrected chi connectivity index (χ0v) is 13.2. The van der Waals surface area contributed by atoms with Gasteiger partial charge in [-0.1, -0.05) is 0 Å². The molecule has 0 amide bonds. The Morgan fingerprint density at radius 1 is 1.43 bits per heavy atom. The van der Waals surface area contributed by atoms with Gasteiger partial charge in [0.15, 0.2) is 0 Å². The predicted octanol–water partition coefficient (Wildman–Crippen LogP) is 3.86. The summed E-state index contributed by atoms with van der Waals surface area (Å²) in [7, 11) is 0. The zero-order chi connectivity index (χ0) is 11.0. The van der Waals surface area contributed by atoms with Crippen molar-refractivity contribution in [2.75, 3.05) is 0 Å². The summed E-state index contributed by atoms with van der Waals surface area (Å²) in [5.74, 6) is 0.544. The van der Waals surface area contributed by atoms with Crippen LogP contribution < -0.4 is 0 Å². The number of Topliss-reactive ketones (excluding diaryl/α,β-unsaturated/α-hetero) is 1. The standard InChI is InChI=1S/C9H15O.3CH3.Sn/c1-3-9(2)7-5-4-6-8(9)10;;;;/h7H,3-6H2,1-2H3;3*1H3;. The van der Waals surface area contributed by atoms with Gasteiger partial charge in [-0.05, 0) is 0 Å². The van der Waals surface area contributed by atoms with Crippen LogP contribution in [0.2, 0.25) is 18.8 Å². The first-order chi connectivity index (χ1) is 6.32. The molecule has 1 saturated carbocycles. The molecule has 1 fully saturated rings. The minimum absolute atomic E-state index is 0.0343. The molecule has 0 bridgehead atoms. The van der Waals surface area contributed by atoms with Crippen molar-refractivity contribution in [2.24, 2.45) is 5.41 Å². The molecule has 82 valence electrons. The summed E-state index contributed by atoms with van der Waals surface area (Å²) in [4.78, 5) is 19.5. The van der Waals surface area contributed by atoms with Crippen LogP contribution >= 0.6 is 0 Å². The van der Waals surface area contributed by atoms with Crippen LogP contribution in [0.15, 0.2) is 0 Å². The van der Waals surface area contributed by atoms with E-state index < -0.39 is 18.4 Å². The molecule has 0 aromatic carbocycles. The molecule has 0 heterocycles. The normalized spacial score (nSPS) is 34.6. The molecule has 0 N–H and O–H groups in total. The molecule has 0 radical (unpaired) electrons. The molecule has 2 heteroatoms. The molecule has 0 aliphatic heterocycles. The molecule has 14 heavy (non-hydrogen) atoms. The number of ketones is 1. The van der Waals surface area contributed by atoms with Gasteiger partial charge in [0.1, 0.15) is 0 Å². The fourth-order valence-corrected chi connectivity index (χ4v) is 12.6. The number of hydrogen-bond donors (Lipinski definition) is 0. The number of hydrogen-bond acceptors (Lipinski definition) is 1. The molecular formula is C12H24OSn. The summed E-state index contributed by atoms with van der Waals surface area (Å²) in [5, 5.41) is 0. The van der Waals surface area contributed by atoms with Gasteiger partial charge in [-0.2, -0.15) is 0 Å². The first-order valence-corrected chi connectivity index (χ1v) is 16.1. The molecule has 1 nitrogen and oxygen atoms in total. The van der Waals surface area contributed by atoms with Crippen LogP contribution in [0.3, 0.4) is 0 Å². The second-order valence-corrected chi connectivity index (χ2v) is 21.5. The van der Waals surface area contributed by atoms with Crippen LogP contribution in [-0.2, 0) is 4.79 Å². The van der Waals surface area contributed by atoms with E-state index in [0.717, 1.165) is 23.2 Å². The van der Waals surface area contributed by atoms with Crippen molar-refractivity contribution in [2.45, 2.75) is 58.3 Å². The van der Waals surface area contributed by atoms with E-state index in [1.54, 1.807) is 0 Å². The minimum atomic E-state index is -1.91. The van der Waals surface area contributed by atoms with E-state index in [1.165, 1.54) is 6.42 Å². The molecule has 2 atom stereocenters. The zero-order valence-electron chi connectivity index (χ0n) is 10.3. The van der Waals surface area contributed by atoms with E-state index in [0.29, 0.717) is 5.78 Å². The van der Waals surface area contributed by atoms with E-state index in [9.17, 15) is 4.79 Å². The van der Waals surface area contributed by atoms with Crippen molar-refractivity contribution in [1.82, 2.24) is 0 Å². The summed E-state index contributed by atoms with van der Waals surface area (Å²) in [6, 6.07) is 0. The predicted molar refractivity (Wildman–Crippen MR) is 64.4 cm³/mol. The molecule has 0 saturated heterocycles. The third kappa shape index (κ3) is 2.17. The van der Waals surface area contributed by atoms with Crippen molar-refractivity contribution < 1.29 is 4.79 Å². The van der Waals surface area contributed by atoms with E-state index in [2.05, 4.69) is 28.7 Å². The van der Waals surface area contributed by atoms with Gasteiger partial charge in [-0.3, -0.25) is 0 Å². The summed E-state index contributed by atoms with van der Waals surface area (Å²) < 4.78 is 0.767. The summed E-state index contributed by atoms with van der Waals surface area (Å²) in [5.41, 5.74) is 0.0343. The molecule has 1 aliphatic carbocycles. The van der Waals surface area contributed by atoms with Crippen molar-refractivity contribution in [3.8, 4) is 0 Å². The fourth-order valence-electron chi connectivity index (χ4n) is 3.10. The van der Waals surface area contributed by atoms with Crippen LogP contribution in [0.4, 0.5) is 0 Å². The Morgan fingerprint density at radius 3 is 2.36 bits per heavy atom. The van der Waals surface area contributed by atoms with Crippen molar-refractivity contribution >= 4 is 24.2 Å². The second kappa shape index (κ2) is 4.15. The van der Waals surface area contributed by atoms with Crippen molar-refractivity contribution in [1.29, 1.82) is 0 Å². The van der Waals surface area contributed by atoms with E-state index in [1.807, 2.05) is 0 Å². The van der Waals surface area contributed by atoms with Gasteiger partial charge in [-0.25, -0.2) is 0 Å². The Hall–Kier alpha value is 0.469. The maximum atomic E-state index is 12.0. The number of carbonyl (C=O) groups is 1. The van der Waals surface area contributed by atoms with Gasteiger partial charge in [0, 0.05) is 0 Å². The first-order valence-electron chi connectivity index (χ1n) is 5.85. The third-order valence-electron chi connectivity index (χ3n) is 4.08. The summed E-state index contributed by atoms with van der Waals surface area (Å²) in [6.07, 6.45) is 4.34. The topological polar surface area (TPSA) is 17.1 Å². The Labute approximate surface area is 92.5 Å². The Bertz CT molecular complexity index is 229. The SMILES string of the molecule is CCC1(C)C(=O)CCC[CH]1[Sn]([CH3])([CH3])[CH3]. The Morgan fingerprint density at radius 2 is 2.00 bits per heavy atom. The van der Waals surface area contributed by atoms with Crippen molar-refractivity contribution in [3.63, 3.8) is 0 Å². The Balaban J connectivity index is 2.98. The van der Waals surface area contributed by atoms with Gasteiger partial charge in [0.2, 0.25) is 0 Å². The average molecular weight is 303 g/mol. The van der Waals surface area contributed by atoms with Crippen LogP contribution in [0, 0.1) is 5.41 Å². The van der Waals surface area contributed by atoms with Gasteiger partial charge >= 0.3 is 92.7 Å². The van der Waals surface area contributed by atoms with Crippen molar-refractivity contribution in [3.05, 3.63) is 0 Å². The average Bonchev–Trinajstić information content (AvgIpc) is 2.08. The summed E-state index contributed by atoms with van der Waals surface area (Å²) in [6.45, 7) is 4.41. The fraction of sp³-hybridized carbons (Fsp3) is 0.917. The van der Waals surface area contributed by atoms with Gasteiger partial charge in [0.05, 0.1) is 0 Å². The number of carbonyl (C=O) groups excluding carboxylic acids is 1. The van der Waals surface area contributed by atoms with E-state index >= 15 is 0 Å². The quantitative estimate of drug-likeness (QED) is 0.708. The molecule has 0 spiro atoms. The summed E-state index contributed by atoms with van der Waals surface area (Å²) >= 11 is -1.91. The van der Waals surface area contributed by atoms with Crippen LogP contribution in [0.5, 0.6) is 0 Å². The Kier molecular flexibility index (Phi) is 3.71. The molecule has 0 aromatic rings. The molecule has 1 rings (SSSR count). The van der Waals surface area contributed by atoms with Crippen LogP contribution in [-0.4, -0.2) is 24.2 Å². The molecule has 2 unspecified atom stereocenters.